The van der Waals surface area contributed by atoms with Gasteiger partial charge in [-0.05, 0) is 66.6 Å². The number of hydrogen-bond acceptors (Lipinski definition) is 4. The van der Waals surface area contributed by atoms with Gasteiger partial charge in [-0.15, -0.1) is 0 Å². The van der Waals surface area contributed by atoms with E-state index in [0.717, 1.165) is 30.5 Å². The number of carbonyl (C=O) groups is 2. The molecule has 3 rings (SSSR count). The summed E-state index contributed by atoms with van der Waals surface area (Å²) in [5.41, 5.74) is 9.32. The van der Waals surface area contributed by atoms with Crippen LogP contribution in [0.1, 0.15) is 29.5 Å². The Kier molecular flexibility index (Phi) is 6.32. The first kappa shape index (κ1) is 19.5. The van der Waals surface area contributed by atoms with Gasteiger partial charge in [0.05, 0.1) is 7.11 Å². The number of carbonyl (C=O) groups excluding carboxylic acids is 2. The van der Waals surface area contributed by atoms with Crippen molar-refractivity contribution in [2.75, 3.05) is 19.0 Å². The van der Waals surface area contributed by atoms with Gasteiger partial charge in [0, 0.05) is 11.8 Å². The maximum atomic E-state index is 12.4. The van der Waals surface area contributed by atoms with Gasteiger partial charge in [-0.1, -0.05) is 18.2 Å². The van der Waals surface area contributed by atoms with E-state index in [1.54, 1.807) is 24.3 Å². The third-order valence-electron chi connectivity index (χ3n) is 4.64. The molecule has 6 nitrogen and oxygen atoms in total. The Labute approximate surface area is 164 Å². The van der Waals surface area contributed by atoms with Gasteiger partial charge < -0.3 is 20.5 Å². The normalized spacial score (nSPS) is 13.0. The topological polar surface area (TPSA) is 90.7 Å². The number of nitrogens with one attached hydrogen (secondary N) is 1. The lowest BCUT2D eigenvalue weighted by molar-refractivity contribution is -0.120. The second kappa shape index (κ2) is 9.08. The van der Waals surface area contributed by atoms with Gasteiger partial charge in [0.2, 0.25) is 5.91 Å². The molecular formula is C22H24N2O4. The van der Waals surface area contributed by atoms with Crippen molar-refractivity contribution in [2.45, 2.75) is 25.7 Å². The molecule has 146 valence electrons. The minimum atomic E-state index is -0.564. The van der Waals surface area contributed by atoms with E-state index < -0.39 is 5.91 Å². The first-order valence-electron chi connectivity index (χ1n) is 9.26. The molecule has 2 amide bonds. The number of nitrogens with two attached hydrogens (primary N) is 1. The van der Waals surface area contributed by atoms with E-state index >= 15 is 0 Å². The Hall–Kier alpha value is -3.28. The van der Waals surface area contributed by atoms with Crippen LogP contribution in [0.15, 0.2) is 42.5 Å². The zero-order valence-corrected chi connectivity index (χ0v) is 15.9. The molecule has 0 fully saturated rings. The Balaban J connectivity index is 1.68. The molecule has 0 unspecified atom stereocenters. The Bertz CT molecular complexity index is 905. The summed E-state index contributed by atoms with van der Waals surface area (Å²) >= 11 is 0. The molecule has 6 heteroatoms. The SMILES string of the molecule is COc1cc(C=CC(=O)Nc2cccc3c2CCCC3)ccc1OCC(N)=O. The molecular weight excluding hydrogens is 356 g/mol. The summed E-state index contributed by atoms with van der Waals surface area (Å²) < 4.78 is 10.6. The Morgan fingerprint density at radius 3 is 2.75 bits per heavy atom. The van der Waals surface area contributed by atoms with Crippen molar-refractivity contribution in [1.29, 1.82) is 0 Å². The van der Waals surface area contributed by atoms with Gasteiger partial charge in [-0.2, -0.15) is 0 Å². The quantitative estimate of drug-likeness (QED) is 0.722. The van der Waals surface area contributed by atoms with Crippen LogP contribution in [0, 0.1) is 0 Å². The van der Waals surface area contributed by atoms with E-state index in [2.05, 4.69) is 11.4 Å². The summed E-state index contributed by atoms with van der Waals surface area (Å²) in [4.78, 5) is 23.2. The fourth-order valence-electron chi connectivity index (χ4n) is 3.30. The van der Waals surface area contributed by atoms with Crippen LogP contribution >= 0.6 is 0 Å². The highest BCUT2D eigenvalue weighted by molar-refractivity contribution is 6.02. The van der Waals surface area contributed by atoms with Gasteiger partial charge in [0.15, 0.2) is 18.1 Å². The van der Waals surface area contributed by atoms with Crippen molar-refractivity contribution in [3.8, 4) is 11.5 Å². The van der Waals surface area contributed by atoms with Crippen LogP contribution < -0.4 is 20.5 Å². The lowest BCUT2D eigenvalue weighted by Gasteiger charge is -2.19. The number of methoxy groups -OCH3 is 1. The van der Waals surface area contributed by atoms with Crippen molar-refractivity contribution in [1.82, 2.24) is 0 Å². The van der Waals surface area contributed by atoms with Crippen molar-refractivity contribution >= 4 is 23.6 Å². The van der Waals surface area contributed by atoms with Gasteiger partial charge in [0.1, 0.15) is 0 Å². The summed E-state index contributed by atoms with van der Waals surface area (Å²) in [6.07, 6.45) is 7.61. The van der Waals surface area contributed by atoms with Crippen LogP contribution in [0.5, 0.6) is 11.5 Å². The number of ether oxygens (including phenoxy) is 2. The molecule has 2 aromatic rings. The minimum Gasteiger partial charge on any atom is -0.493 e. The standard InChI is InChI=1S/C22H24N2O4/c1-27-20-13-15(9-11-19(20)28-14-21(23)25)10-12-22(26)24-18-8-4-6-16-5-2-3-7-17(16)18/h4,6,8-13H,2-3,5,7,14H2,1H3,(H2,23,25)(H,24,26). The lowest BCUT2D eigenvalue weighted by atomic mass is 9.90. The van der Waals surface area contributed by atoms with Crippen LogP contribution in [-0.2, 0) is 22.4 Å². The zero-order valence-electron chi connectivity index (χ0n) is 15.9. The molecule has 0 radical (unpaired) electrons. The van der Waals surface area contributed by atoms with Crippen molar-refractivity contribution in [3.05, 3.63) is 59.2 Å². The maximum absolute atomic E-state index is 12.4. The van der Waals surface area contributed by atoms with E-state index in [4.69, 9.17) is 15.2 Å². The number of fused-ring (bicyclic) bond motifs is 1. The van der Waals surface area contributed by atoms with Crippen LogP contribution in [0.4, 0.5) is 5.69 Å². The fraction of sp³-hybridized carbons (Fsp3) is 0.273. The van der Waals surface area contributed by atoms with Gasteiger partial charge in [0.25, 0.3) is 5.91 Å². The van der Waals surface area contributed by atoms with Crippen molar-refractivity contribution in [2.24, 2.45) is 5.73 Å². The van der Waals surface area contributed by atoms with Crippen LogP contribution in [0.2, 0.25) is 0 Å². The molecule has 1 aliphatic rings. The molecule has 2 aromatic carbocycles. The first-order chi connectivity index (χ1) is 13.6. The highest BCUT2D eigenvalue weighted by atomic mass is 16.5. The predicted octanol–water partition coefficient (Wildman–Crippen LogP) is 3.09. The van der Waals surface area contributed by atoms with Gasteiger partial charge in [-0.25, -0.2) is 0 Å². The number of rotatable bonds is 7. The monoisotopic (exact) mass is 380 g/mol. The van der Waals surface area contributed by atoms with E-state index in [1.807, 2.05) is 12.1 Å². The Morgan fingerprint density at radius 2 is 1.96 bits per heavy atom. The van der Waals surface area contributed by atoms with Gasteiger partial charge in [-0.3, -0.25) is 9.59 Å². The molecule has 0 atom stereocenters. The highest BCUT2D eigenvalue weighted by Gasteiger charge is 2.13. The highest BCUT2D eigenvalue weighted by Crippen LogP contribution is 2.29. The van der Waals surface area contributed by atoms with Crippen LogP contribution in [0.25, 0.3) is 6.08 Å². The number of aryl methyl sites for hydroxylation is 1. The molecule has 0 aromatic heterocycles. The molecule has 3 N–H and O–H groups in total. The molecule has 1 aliphatic carbocycles. The van der Waals surface area contributed by atoms with Crippen molar-refractivity contribution < 1.29 is 19.1 Å². The van der Waals surface area contributed by atoms with E-state index in [9.17, 15) is 9.59 Å². The minimum absolute atomic E-state index is 0.188. The van der Waals surface area contributed by atoms with Crippen LogP contribution in [0.3, 0.4) is 0 Å². The summed E-state index contributed by atoms with van der Waals surface area (Å²) in [5.74, 6) is 0.123. The summed E-state index contributed by atoms with van der Waals surface area (Å²) in [7, 11) is 1.51. The fourth-order valence-corrected chi connectivity index (χ4v) is 3.30. The largest absolute Gasteiger partial charge is 0.493 e. The maximum Gasteiger partial charge on any atom is 0.255 e. The van der Waals surface area contributed by atoms with Gasteiger partial charge >= 0.3 is 0 Å². The molecule has 0 spiro atoms. The first-order valence-corrected chi connectivity index (χ1v) is 9.26. The third-order valence-corrected chi connectivity index (χ3v) is 4.64. The molecule has 28 heavy (non-hydrogen) atoms. The second-order valence-corrected chi connectivity index (χ2v) is 6.64. The Morgan fingerprint density at radius 1 is 1.14 bits per heavy atom. The number of primary amides is 1. The number of anilines is 1. The molecule has 0 saturated heterocycles. The molecule has 0 aliphatic heterocycles. The smallest absolute Gasteiger partial charge is 0.255 e. The summed E-state index contributed by atoms with van der Waals surface area (Å²) in [6, 6.07) is 11.2. The van der Waals surface area contributed by atoms with E-state index in [1.165, 1.54) is 30.7 Å². The van der Waals surface area contributed by atoms with E-state index in [-0.39, 0.29) is 12.5 Å². The summed E-state index contributed by atoms with van der Waals surface area (Å²) in [6.45, 7) is -0.227. The molecule has 0 bridgehead atoms. The zero-order chi connectivity index (χ0) is 19.9. The summed E-state index contributed by atoms with van der Waals surface area (Å²) in [5, 5.41) is 2.98. The average Bonchev–Trinajstić information content (AvgIpc) is 2.71. The average molecular weight is 380 g/mol. The van der Waals surface area contributed by atoms with E-state index in [0.29, 0.717) is 11.5 Å². The molecule has 0 saturated carbocycles. The van der Waals surface area contributed by atoms with Crippen molar-refractivity contribution in [3.63, 3.8) is 0 Å². The van der Waals surface area contributed by atoms with Crippen LogP contribution in [-0.4, -0.2) is 25.5 Å². The predicted molar refractivity (Wildman–Crippen MR) is 108 cm³/mol. The molecule has 0 heterocycles. The third kappa shape index (κ3) is 4.91. The number of amides is 2. The number of benzene rings is 2. The number of hydrogen-bond donors (Lipinski definition) is 2. The second-order valence-electron chi connectivity index (χ2n) is 6.64. The lowest BCUT2D eigenvalue weighted by Crippen LogP contribution is -2.20.